The van der Waals surface area contributed by atoms with Crippen LogP contribution in [0.4, 0.5) is 0 Å². The number of carbonyl (C=O) groups excluding carboxylic acids is 1. The Bertz CT molecular complexity index is 1440. The predicted octanol–water partition coefficient (Wildman–Crippen LogP) is 7.63. The second kappa shape index (κ2) is 10.6. The summed E-state index contributed by atoms with van der Waals surface area (Å²) < 4.78 is 19.3. The van der Waals surface area contributed by atoms with Crippen LogP contribution in [0, 0.1) is 5.92 Å². The number of carbonyl (C=O) groups is 1. The van der Waals surface area contributed by atoms with Crippen molar-refractivity contribution >= 4 is 16.9 Å². The molecule has 5 nitrogen and oxygen atoms in total. The topological polar surface area (TPSA) is 49.7 Å². The molecule has 0 bridgehead atoms. The van der Waals surface area contributed by atoms with Gasteiger partial charge in [-0.25, -0.2) is 4.79 Å². The van der Waals surface area contributed by atoms with Crippen LogP contribution in [0.1, 0.15) is 62.2 Å². The van der Waals surface area contributed by atoms with Crippen molar-refractivity contribution in [2.45, 2.75) is 52.5 Å². The minimum Gasteiger partial charge on any atom is -0.497 e. The van der Waals surface area contributed by atoms with E-state index in [1.807, 2.05) is 31.2 Å². The monoisotopic (exact) mass is 511 g/mol. The molecule has 5 heteroatoms. The maximum atomic E-state index is 13.6. The number of aromatic nitrogens is 1. The highest BCUT2D eigenvalue weighted by Gasteiger charge is 2.27. The minimum atomic E-state index is -0.332. The van der Waals surface area contributed by atoms with Gasteiger partial charge in [-0.3, -0.25) is 0 Å². The summed E-state index contributed by atoms with van der Waals surface area (Å²) in [6.07, 6.45) is 2.46. The van der Waals surface area contributed by atoms with E-state index in [1.54, 1.807) is 7.11 Å². The van der Waals surface area contributed by atoms with Crippen LogP contribution in [0.5, 0.6) is 11.5 Å². The number of methoxy groups -OCH3 is 1. The van der Waals surface area contributed by atoms with Crippen LogP contribution in [0.15, 0.2) is 66.7 Å². The maximum Gasteiger partial charge on any atom is 0.355 e. The Morgan fingerprint density at radius 1 is 0.974 bits per heavy atom. The molecule has 0 spiro atoms. The van der Waals surface area contributed by atoms with Crippen LogP contribution in [0.25, 0.3) is 22.0 Å². The van der Waals surface area contributed by atoms with E-state index >= 15 is 0 Å². The second-order valence-corrected chi connectivity index (χ2v) is 11.1. The van der Waals surface area contributed by atoms with Crippen LogP contribution < -0.4 is 9.47 Å². The van der Waals surface area contributed by atoms with Crippen molar-refractivity contribution in [3.8, 4) is 22.6 Å². The summed E-state index contributed by atoms with van der Waals surface area (Å²) >= 11 is 0. The molecule has 1 aromatic heterocycles. The Hall–Kier alpha value is -3.73. The summed E-state index contributed by atoms with van der Waals surface area (Å²) in [4.78, 5) is 13.6. The average molecular weight is 512 g/mol. The average Bonchev–Trinajstić information content (AvgIpc) is 3.69. The molecule has 0 aliphatic heterocycles. The lowest BCUT2D eigenvalue weighted by molar-refractivity contribution is 0.0516. The van der Waals surface area contributed by atoms with Gasteiger partial charge < -0.3 is 18.8 Å². The number of rotatable bonds is 9. The molecule has 4 aromatic rings. The van der Waals surface area contributed by atoms with Gasteiger partial charge in [0.05, 0.1) is 25.8 Å². The molecule has 3 aromatic carbocycles. The molecular formula is C33H37NO4. The smallest absolute Gasteiger partial charge is 0.355 e. The van der Waals surface area contributed by atoms with Crippen molar-refractivity contribution in [2.24, 2.45) is 5.92 Å². The molecule has 1 heterocycles. The first-order chi connectivity index (χ1) is 18.3. The molecule has 1 saturated carbocycles. The van der Waals surface area contributed by atoms with Gasteiger partial charge in [0.1, 0.15) is 17.2 Å². The van der Waals surface area contributed by atoms with Crippen LogP contribution in [0.3, 0.4) is 0 Å². The van der Waals surface area contributed by atoms with Crippen LogP contribution in [-0.4, -0.2) is 30.9 Å². The van der Waals surface area contributed by atoms with Crippen molar-refractivity contribution in [1.29, 1.82) is 0 Å². The van der Waals surface area contributed by atoms with Crippen molar-refractivity contribution < 1.29 is 19.0 Å². The van der Waals surface area contributed by atoms with Gasteiger partial charge in [0.25, 0.3) is 0 Å². The zero-order chi connectivity index (χ0) is 26.9. The highest BCUT2D eigenvalue weighted by atomic mass is 16.5. The fourth-order valence-corrected chi connectivity index (χ4v) is 4.88. The highest BCUT2D eigenvalue weighted by molar-refractivity contribution is 6.09. The van der Waals surface area contributed by atoms with E-state index in [-0.39, 0.29) is 11.4 Å². The van der Waals surface area contributed by atoms with Gasteiger partial charge in [-0.05, 0) is 72.1 Å². The Labute approximate surface area is 225 Å². The van der Waals surface area contributed by atoms with Gasteiger partial charge in [0.2, 0.25) is 0 Å². The summed E-state index contributed by atoms with van der Waals surface area (Å²) in [7, 11) is 1.66. The first-order valence-corrected chi connectivity index (χ1v) is 13.5. The minimum absolute atomic E-state index is 0.0384. The molecule has 38 heavy (non-hydrogen) atoms. The lowest BCUT2D eigenvalue weighted by atomic mass is 9.86. The lowest BCUT2D eigenvalue weighted by Crippen LogP contribution is -2.14. The number of ether oxygens (including phenoxy) is 3. The molecule has 198 valence electrons. The van der Waals surface area contributed by atoms with Gasteiger partial charge in [-0.1, -0.05) is 57.2 Å². The van der Waals surface area contributed by atoms with Crippen molar-refractivity contribution in [1.82, 2.24) is 4.57 Å². The Balaban J connectivity index is 1.70. The SMILES string of the molecule is CCOC(=O)c1c(-c2ccc(C(C)(C)C)cc2)c2ccc(OCC3CC3)cc2n1Cc1cccc(OC)c1. The quantitative estimate of drug-likeness (QED) is 0.217. The lowest BCUT2D eigenvalue weighted by Gasteiger charge is -2.19. The molecule has 5 rings (SSSR count). The van der Waals surface area contributed by atoms with E-state index in [9.17, 15) is 4.79 Å². The van der Waals surface area contributed by atoms with E-state index in [0.29, 0.717) is 24.8 Å². The fraction of sp³-hybridized carbons (Fsp3) is 0.364. The molecule has 1 aliphatic rings. The first-order valence-electron chi connectivity index (χ1n) is 13.5. The number of fused-ring (bicyclic) bond motifs is 1. The number of nitrogens with zero attached hydrogens (tertiary/aromatic N) is 1. The van der Waals surface area contributed by atoms with Gasteiger partial charge in [0, 0.05) is 23.6 Å². The normalized spacial score (nSPS) is 13.5. The second-order valence-electron chi connectivity index (χ2n) is 11.1. The Morgan fingerprint density at radius 2 is 1.74 bits per heavy atom. The van der Waals surface area contributed by atoms with E-state index < -0.39 is 0 Å². The number of hydrogen-bond acceptors (Lipinski definition) is 4. The summed E-state index contributed by atoms with van der Waals surface area (Å²) in [6, 6.07) is 22.7. The molecule has 0 atom stereocenters. The zero-order valence-corrected chi connectivity index (χ0v) is 23.0. The highest BCUT2D eigenvalue weighted by Crippen LogP contribution is 2.39. The van der Waals surface area contributed by atoms with Crippen LogP contribution >= 0.6 is 0 Å². The number of esters is 1. The Kier molecular flexibility index (Phi) is 7.20. The van der Waals surface area contributed by atoms with Crippen molar-refractivity contribution in [3.63, 3.8) is 0 Å². The van der Waals surface area contributed by atoms with Crippen molar-refractivity contribution in [2.75, 3.05) is 20.3 Å². The largest absolute Gasteiger partial charge is 0.497 e. The third-order valence-corrected chi connectivity index (χ3v) is 7.20. The van der Waals surface area contributed by atoms with Crippen LogP contribution in [0.2, 0.25) is 0 Å². The Morgan fingerprint density at radius 3 is 2.39 bits per heavy atom. The van der Waals surface area contributed by atoms with Gasteiger partial charge >= 0.3 is 5.97 Å². The number of benzene rings is 3. The van der Waals surface area contributed by atoms with E-state index in [1.165, 1.54) is 18.4 Å². The number of hydrogen-bond donors (Lipinski definition) is 0. The van der Waals surface area contributed by atoms with Gasteiger partial charge in [0.15, 0.2) is 0 Å². The summed E-state index contributed by atoms with van der Waals surface area (Å²) in [5.41, 5.74) is 5.68. The predicted molar refractivity (Wildman–Crippen MR) is 152 cm³/mol. The van der Waals surface area contributed by atoms with E-state index in [0.717, 1.165) is 45.7 Å². The van der Waals surface area contributed by atoms with Crippen molar-refractivity contribution in [3.05, 3.63) is 83.6 Å². The van der Waals surface area contributed by atoms with E-state index in [2.05, 4.69) is 67.8 Å². The third kappa shape index (κ3) is 5.42. The van der Waals surface area contributed by atoms with E-state index in [4.69, 9.17) is 14.2 Å². The molecule has 0 radical (unpaired) electrons. The molecular weight excluding hydrogens is 474 g/mol. The van der Waals surface area contributed by atoms with Crippen LogP contribution in [-0.2, 0) is 16.7 Å². The molecule has 1 aliphatic carbocycles. The summed E-state index contributed by atoms with van der Waals surface area (Å²) in [5.74, 6) is 1.92. The maximum absolute atomic E-state index is 13.6. The molecule has 0 N–H and O–H groups in total. The van der Waals surface area contributed by atoms with Gasteiger partial charge in [-0.15, -0.1) is 0 Å². The first kappa shape index (κ1) is 25.9. The zero-order valence-electron chi connectivity index (χ0n) is 23.0. The summed E-state index contributed by atoms with van der Waals surface area (Å²) in [5, 5.41) is 0.998. The van der Waals surface area contributed by atoms with Gasteiger partial charge in [-0.2, -0.15) is 0 Å². The standard InChI is InChI=1S/C33H37NO4/c1-6-37-32(35)31-30(24-12-14-25(15-13-24)33(2,3)4)28-17-16-27(38-21-22-10-11-22)19-29(28)34(31)20-23-8-7-9-26(18-23)36-5/h7-9,12-19,22H,6,10-11,20-21H2,1-5H3. The summed E-state index contributed by atoms with van der Waals surface area (Å²) in [6.45, 7) is 9.98. The molecule has 0 unspecified atom stereocenters. The molecule has 1 fully saturated rings. The molecule has 0 saturated heterocycles. The molecule has 0 amide bonds. The fourth-order valence-electron chi connectivity index (χ4n) is 4.88. The third-order valence-electron chi connectivity index (χ3n) is 7.20.